The van der Waals surface area contributed by atoms with Gasteiger partial charge >= 0.3 is 0 Å². The smallest absolute Gasteiger partial charge is 0.220 e. The van der Waals surface area contributed by atoms with Crippen molar-refractivity contribution in [2.75, 3.05) is 0 Å². The first-order valence-electron chi connectivity index (χ1n) is 6.87. The minimum atomic E-state index is -0.413. The summed E-state index contributed by atoms with van der Waals surface area (Å²) in [5.74, 6) is -0.311. The van der Waals surface area contributed by atoms with Crippen molar-refractivity contribution in [1.82, 2.24) is 5.32 Å². The van der Waals surface area contributed by atoms with Crippen LogP contribution in [0.2, 0.25) is 0 Å². The van der Waals surface area contributed by atoms with Crippen LogP contribution in [0.3, 0.4) is 0 Å². The zero-order valence-electron chi connectivity index (χ0n) is 10.9. The molecule has 0 aliphatic heterocycles. The van der Waals surface area contributed by atoms with E-state index in [2.05, 4.69) is 5.32 Å². The van der Waals surface area contributed by atoms with Crippen molar-refractivity contribution in [2.24, 2.45) is 0 Å². The molecule has 1 aliphatic carbocycles. The summed E-state index contributed by atoms with van der Waals surface area (Å²) in [6, 6.07) is 6.08. The van der Waals surface area contributed by atoms with E-state index in [1.165, 1.54) is 12.1 Å². The maximum atomic E-state index is 12.7. The number of hydrogen-bond donors (Lipinski definition) is 2. The lowest BCUT2D eigenvalue weighted by atomic mass is 9.92. The Kier molecular flexibility index (Phi) is 4.91. The summed E-state index contributed by atoms with van der Waals surface area (Å²) in [4.78, 5) is 11.8. The fourth-order valence-electron chi connectivity index (χ4n) is 2.47. The lowest BCUT2D eigenvalue weighted by molar-refractivity contribution is -0.123. The van der Waals surface area contributed by atoms with Crippen LogP contribution >= 0.6 is 0 Å². The largest absolute Gasteiger partial charge is 0.391 e. The highest BCUT2D eigenvalue weighted by atomic mass is 19.1. The molecule has 0 aromatic heterocycles. The second kappa shape index (κ2) is 6.66. The van der Waals surface area contributed by atoms with Crippen LogP contribution in [0, 0.1) is 5.82 Å². The van der Waals surface area contributed by atoms with E-state index < -0.39 is 6.10 Å². The predicted molar refractivity (Wildman–Crippen MR) is 71.1 cm³/mol. The molecule has 0 saturated heterocycles. The van der Waals surface area contributed by atoms with Gasteiger partial charge in [-0.25, -0.2) is 4.39 Å². The minimum Gasteiger partial charge on any atom is -0.391 e. The summed E-state index contributed by atoms with van der Waals surface area (Å²) in [6.07, 6.45) is 4.25. The van der Waals surface area contributed by atoms with Crippen molar-refractivity contribution in [3.63, 3.8) is 0 Å². The molecule has 1 amide bonds. The zero-order chi connectivity index (χ0) is 13.7. The monoisotopic (exact) mass is 265 g/mol. The lowest BCUT2D eigenvalue weighted by Crippen LogP contribution is -2.45. The van der Waals surface area contributed by atoms with Crippen LogP contribution in [0.1, 0.15) is 37.7 Å². The summed E-state index contributed by atoms with van der Waals surface area (Å²) in [5.41, 5.74) is 0.945. The Bertz CT molecular complexity index is 419. The summed E-state index contributed by atoms with van der Waals surface area (Å²) < 4.78 is 12.7. The maximum absolute atomic E-state index is 12.7. The number of hydrogen-bond acceptors (Lipinski definition) is 2. The second-order valence-electron chi connectivity index (χ2n) is 5.15. The topological polar surface area (TPSA) is 49.3 Å². The predicted octanol–water partition coefficient (Wildman–Crippen LogP) is 2.18. The van der Waals surface area contributed by atoms with E-state index in [9.17, 15) is 14.3 Å². The molecular weight excluding hydrogens is 245 g/mol. The minimum absolute atomic E-state index is 0.0460. The summed E-state index contributed by atoms with van der Waals surface area (Å²) in [6.45, 7) is 0. The first-order chi connectivity index (χ1) is 9.15. The lowest BCUT2D eigenvalue weighted by Gasteiger charge is -2.28. The highest BCUT2D eigenvalue weighted by Gasteiger charge is 2.24. The van der Waals surface area contributed by atoms with Crippen LogP contribution in [-0.4, -0.2) is 23.2 Å². The molecule has 2 atom stereocenters. The van der Waals surface area contributed by atoms with E-state index >= 15 is 0 Å². The van der Waals surface area contributed by atoms with Gasteiger partial charge in [0.25, 0.3) is 0 Å². The molecule has 1 fully saturated rings. The van der Waals surface area contributed by atoms with Crippen molar-refractivity contribution in [2.45, 2.75) is 50.7 Å². The fourth-order valence-corrected chi connectivity index (χ4v) is 2.47. The molecular formula is C15H20FNO2. The van der Waals surface area contributed by atoms with Crippen molar-refractivity contribution < 1.29 is 14.3 Å². The third-order valence-electron chi connectivity index (χ3n) is 3.63. The average Bonchev–Trinajstić information content (AvgIpc) is 2.41. The zero-order valence-corrected chi connectivity index (χ0v) is 10.9. The molecule has 3 nitrogen and oxygen atoms in total. The molecule has 0 heterocycles. The van der Waals surface area contributed by atoms with Gasteiger partial charge in [-0.2, -0.15) is 0 Å². The molecule has 2 rings (SSSR count). The van der Waals surface area contributed by atoms with E-state index in [0.717, 1.165) is 31.2 Å². The van der Waals surface area contributed by atoms with Crippen LogP contribution in [0.15, 0.2) is 24.3 Å². The highest BCUT2D eigenvalue weighted by molar-refractivity contribution is 5.76. The Balaban J connectivity index is 1.76. The maximum Gasteiger partial charge on any atom is 0.220 e. The third-order valence-corrected chi connectivity index (χ3v) is 3.63. The number of halogens is 1. The molecule has 4 heteroatoms. The van der Waals surface area contributed by atoms with E-state index in [1.807, 2.05) is 0 Å². The van der Waals surface area contributed by atoms with Gasteiger partial charge in [-0.15, -0.1) is 0 Å². The number of rotatable bonds is 4. The van der Waals surface area contributed by atoms with Gasteiger partial charge in [-0.3, -0.25) is 4.79 Å². The van der Waals surface area contributed by atoms with Crippen molar-refractivity contribution in [1.29, 1.82) is 0 Å². The number of carbonyl (C=O) groups is 1. The molecule has 1 aromatic rings. The van der Waals surface area contributed by atoms with Crippen LogP contribution in [0.25, 0.3) is 0 Å². The van der Waals surface area contributed by atoms with E-state index in [0.29, 0.717) is 12.8 Å². The standard InChI is InChI=1S/C15H20FNO2/c16-12-8-5-11(6-9-12)7-10-15(19)17-13-3-1-2-4-14(13)18/h5-6,8-9,13-14,18H,1-4,7,10H2,(H,17,19)/t13-,14-/m0/s1. The molecule has 0 spiro atoms. The van der Waals surface area contributed by atoms with Crippen LogP contribution in [0.4, 0.5) is 4.39 Å². The number of aliphatic hydroxyl groups excluding tert-OH is 1. The van der Waals surface area contributed by atoms with Gasteiger partial charge in [0, 0.05) is 6.42 Å². The molecule has 104 valence electrons. The van der Waals surface area contributed by atoms with Crippen LogP contribution in [-0.2, 0) is 11.2 Å². The van der Waals surface area contributed by atoms with E-state index in [4.69, 9.17) is 0 Å². The number of nitrogens with one attached hydrogen (secondary N) is 1. The Labute approximate surface area is 112 Å². The number of aryl methyl sites for hydroxylation is 1. The molecule has 0 unspecified atom stereocenters. The van der Waals surface area contributed by atoms with Gasteiger partial charge in [-0.1, -0.05) is 25.0 Å². The molecule has 1 saturated carbocycles. The first kappa shape index (κ1) is 14.0. The summed E-state index contributed by atoms with van der Waals surface area (Å²) in [5, 5.41) is 12.7. The van der Waals surface area contributed by atoms with E-state index in [1.54, 1.807) is 12.1 Å². The van der Waals surface area contributed by atoms with Crippen LogP contribution < -0.4 is 5.32 Å². The Morgan fingerprint density at radius 3 is 2.63 bits per heavy atom. The van der Waals surface area contributed by atoms with Crippen molar-refractivity contribution in [3.05, 3.63) is 35.6 Å². The highest BCUT2D eigenvalue weighted by Crippen LogP contribution is 2.18. The molecule has 19 heavy (non-hydrogen) atoms. The Morgan fingerprint density at radius 2 is 1.95 bits per heavy atom. The third kappa shape index (κ3) is 4.31. The molecule has 2 N–H and O–H groups in total. The normalized spacial score (nSPS) is 23.1. The van der Waals surface area contributed by atoms with Gasteiger partial charge in [-0.05, 0) is 37.0 Å². The quantitative estimate of drug-likeness (QED) is 0.876. The van der Waals surface area contributed by atoms with Gasteiger partial charge < -0.3 is 10.4 Å². The van der Waals surface area contributed by atoms with Gasteiger partial charge in [0.1, 0.15) is 5.82 Å². The first-order valence-corrected chi connectivity index (χ1v) is 6.87. The van der Waals surface area contributed by atoms with Gasteiger partial charge in [0.05, 0.1) is 12.1 Å². The van der Waals surface area contributed by atoms with Crippen LogP contribution in [0.5, 0.6) is 0 Å². The van der Waals surface area contributed by atoms with Gasteiger partial charge in [0.15, 0.2) is 0 Å². The Morgan fingerprint density at radius 1 is 1.26 bits per heavy atom. The number of aliphatic hydroxyl groups is 1. The van der Waals surface area contributed by atoms with E-state index in [-0.39, 0.29) is 17.8 Å². The summed E-state index contributed by atoms with van der Waals surface area (Å²) >= 11 is 0. The van der Waals surface area contributed by atoms with Gasteiger partial charge in [0.2, 0.25) is 5.91 Å². The molecule has 1 aromatic carbocycles. The second-order valence-corrected chi connectivity index (χ2v) is 5.15. The number of carbonyl (C=O) groups excluding carboxylic acids is 1. The fraction of sp³-hybridized carbons (Fsp3) is 0.533. The van der Waals surface area contributed by atoms with Crippen molar-refractivity contribution in [3.8, 4) is 0 Å². The SMILES string of the molecule is O=C(CCc1ccc(F)cc1)N[C@H]1CCCC[C@@H]1O. The number of benzene rings is 1. The van der Waals surface area contributed by atoms with Crippen molar-refractivity contribution >= 4 is 5.91 Å². The number of amides is 1. The molecule has 0 bridgehead atoms. The molecule has 1 aliphatic rings. The molecule has 0 radical (unpaired) electrons. The Hall–Kier alpha value is -1.42. The average molecular weight is 265 g/mol. The summed E-state index contributed by atoms with van der Waals surface area (Å²) in [7, 11) is 0.